The summed E-state index contributed by atoms with van der Waals surface area (Å²) in [6.45, 7) is 8.36. The van der Waals surface area contributed by atoms with Crippen molar-refractivity contribution in [1.82, 2.24) is 4.98 Å². The fourth-order valence-electron chi connectivity index (χ4n) is 3.20. The standard InChI is InChI=1S/C17H22N2OS/c1-9-5-11(6-10(2)14(9)20)16-19-13-8-17(3,4)7-12(18)15(13)21-16/h5-6,12,20H,7-8,18H2,1-4H3. The van der Waals surface area contributed by atoms with E-state index in [1.807, 2.05) is 26.0 Å². The van der Waals surface area contributed by atoms with Crippen LogP contribution >= 0.6 is 11.3 Å². The first kappa shape index (κ1) is 14.5. The molecule has 1 aliphatic carbocycles. The third kappa shape index (κ3) is 2.58. The van der Waals surface area contributed by atoms with Gasteiger partial charge in [-0.25, -0.2) is 4.98 Å². The molecule has 0 fully saturated rings. The van der Waals surface area contributed by atoms with Crippen LogP contribution in [0.3, 0.4) is 0 Å². The molecule has 0 spiro atoms. The highest BCUT2D eigenvalue weighted by atomic mass is 32.1. The highest BCUT2D eigenvalue weighted by Gasteiger charge is 2.33. The zero-order valence-electron chi connectivity index (χ0n) is 13.0. The largest absolute Gasteiger partial charge is 0.507 e. The summed E-state index contributed by atoms with van der Waals surface area (Å²) in [4.78, 5) is 6.07. The lowest BCUT2D eigenvalue weighted by Crippen LogP contribution is -2.28. The number of hydrogen-bond donors (Lipinski definition) is 2. The Hall–Kier alpha value is -1.39. The first-order valence-electron chi connectivity index (χ1n) is 7.32. The lowest BCUT2D eigenvalue weighted by molar-refractivity contribution is 0.282. The number of nitrogens with two attached hydrogens (primary N) is 1. The number of fused-ring (bicyclic) bond motifs is 1. The van der Waals surface area contributed by atoms with Gasteiger partial charge in [0, 0.05) is 16.5 Å². The van der Waals surface area contributed by atoms with Gasteiger partial charge in [0.25, 0.3) is 0 Å². The Labute approximate surface area is 129 Å². The molecule has 1 aromatic carbocycles. The molecule has 1 unspecified atom stereocenters. The number of benzene rings is 1. The van der Waals surface area contributed by atoms with Crippen molar-refractivity contribution >= 4 is 11.3 Å². The third-order valence-electron chi connectivity index (χ3n) is 4.22. The zero-order valence-corrected chi connectivity index (χ0v) is 13.8. The van der Waals surface area contributed by atoms with Gasteiger partial charge in [0.15, 0.2) is 0 Å². The summed E-state index contributed by atoms with van der Waals surface area (Å²) < 4.78 is 0. The van der Waals surface area contributed by atoms with Gasteiger partial charge in [-0.2, -0.15) is 0 Å². The van der Waals surface area contributed by atoms with E-state index in [0.717, 1.165) is 40.2 Å². The molecular formula is C17H22N2OS. The van der Waals surface area contributed by atoms with Crippen molar-refractivity contribution in [3.8, 4) is 16.3 Å². The molecule has 3 N–H and O–H groups in total. The Kier molecular flexibility index (Phi) is 3.34. The number of aryl methyl sites for hydroxylation is 2. The minimum atomic E-state index is 0.0920. The molecule has 21 heavy (non-hydrogen) atoms. The Morgan fingerprint density at radius 1 is 1.29 bits per heavy atom. The van der Waals surface area contributed by atoms with Gasteiger partial charge in [-0.1, -0.05) is 13.8 Å². The topological polar surface area (TPSA) is 59.1 Å². The van der Waals surface area contributed by atoms with Crippen LogP contribution in [0.25, 0.3) is 10.6 Å². The molecule has 0 amide bonds. The van der Waals surface area contributed by atoms with Crippen LogP contribution in [0.15, 0.2) is 12.1 Å². The number of thiazole rings is 1. The summed E-state index contributed by atoms with van der Waals surface area (Å²) in [6.07, 6.45) is 2.00. The minimum Gasteiger partial charge on any atom is -0.507 e. The first-order chi connectivity index (χ1) is 9.77. The quantitative estimate of drug-likeness (QED) is 0.833. The predicted molar refractivity (Wildman–Crippen MR) is 87.7 cm³/mol. The van der Waals surface area contributed by atoms with Crippen LogP contribution < -0.4 is 5.73 Å². The van der Waals surface area contributed by atoms with Crippen LogP contribution in [0.2, 0.25) is 0 Å². The lowest BCUT2D eigenvalue weighted by atomic mass is 9.77. The van der Waals surface area contributed by atoms with E-state index in [2.05, 4.69) is 13.8 Å². The summed E-state index contributed by atoms with van der Waals surface area (Å²) in [5.74, 6) is 0.373. The van der Waals surface area contributed by atoms with E-state index >= 15 is 0 Å². The van der Waals surface area contributed by atoms with Gasteiger partial charge in [-0.15, -0.1) is 11.3 Å². The predicted octanol–water partition coefficient (Wildman–Crippen LogP) is 4.10. The van der Waals surface area contributed by atoms with Crippen molar-refractivity contribution in [1.29, 1.82) is 0 Å². The monoisotopic (exact) mass is 302 g/mol. The molecule has 112 valence electrons. The van der Waals surface area contributed by atoms with Gasteiger partial charge in [-0.3, -0.25) is 0 Å². The van der Waals surface area contributed by atoms with Crippen molar-refractivity contribution < 1.29 is 5.11 Å². The van der Waals surface area contributed by atoms with Crippen molar-refractivity contribution in [2.24, 2.45) is 11.1 Å². The Balaban J connectivity index is 2.06. The smallest absolute Gasteiger partial charge is 0.123 e. The molecule has 1 aromatic heterocycles. The number of aromatic hydroxyl groups is 1. The number of phenolic OH excluding ortho intramolecular Hbond substituents is 1. The second kappa shape index (κ2) is 4.82. The van der Waals surface area contributed by atoms with Crippen LogP contribution in [0.1, 0.15) is 48.0 Å². The molecule has 0 bridgehead atoms. The Morgan fingerprint density at radius 2 is 1.90 bits per heavy atom. The van der Waals surface area contributed by atoms with Gasteiger partial charge in [-0.05, 0) is 55.4 Å². The average Bonchev–Trinajstić information content (AvgIpc) is 2.77. The number of hydrogen-bond acceptors (Lipinski definition) is 4. The second-order valence-corrected chi connectivity index (χ2v) is 7.97. The molecule has 4 heteroatoms. The van der Waals surface area contributed by atoms with Crippen LogP contribution in [0, 0.1) is 19.3 Å². The molecular weight excluding hydrogens is 280 g/mol. The van der Waals surface area contributed by atoms with E-state index in [0.29, 0.717) is 5.75 Å². The summed E-state index contributed by atoms with van der Waals surface area (Å²) >= 11 is 1.70. The van der Waals surface area contributed by atoms with Crippen LogP contribution in [0.5, 0.6) is 5.75 Å². The lowest BCUT2D eigenvalue weighted by Gasteiger charge is -2.32. The van der Waals surface area contributed by atoms with Gasteiger partial charge in [0.05, 0.1) is 5.69 Å². The number of phenols is 1. The molecule has 0 saturated heterocycles. The molecule has 0 aliphatic heterocycles. The molecule has 0 radical (unpaired) electrons. The second-order valence-electron chi connectivity index (χ2n) is 6.94. The molecule has 1 atom stereocenters. The van der Waals surface area contributed by atoms with E-state index in [9.17, 15) is 5.11 Å². The molecule has 0 saturated carbocycles. The van der Waals surface area contributed by atoms with Gasteiger partial charge < -0.3 is 10.8 Å². The highest BCUT2D eigenvalue weighted by molar-refractivity contribution is 7.15. The summed E-state index contributed by atoms with van der Waals surface area (Å²) in [5.41, 5.74) is 10.6. The van der Waals surface area contributed by atoms with Gasteiger partial charge in [0.1, 0.15) is 10.8 Å². The van der Waals surface area contributed by atoms with Crippen LogP contribution in [-0.4, -0.2) is 10.1 Å². The SMILES string of the molecule is Cc1cc(-c2nc3c(s2)C(N)CC(C)(C)C3)cc(C)c1O. The normalized spacial score (nSPS) is 20.3. The summed E-state index contributed by atoms with van der Waals surface area (Å²) in [5, 5.41) is 10.9. The average molecular weight is 302 g/mol. The third-order valence-corrected chi connectivity index (χ3v) is 5.50. The van der Waals surface area contributed by atoms with Crippen LogP contribution in [-0.2, 0) is 6.42 Å². The molecule has 1 heterocycles. The van der Waals surface area contributed by atoms with Crippen molar-refractivity contribution in [3.63, 3.8) is 0 Å². The summed E-state index contributed by atoms with van der Waals surface area (Å²) in [6, 6.07) is 4.10. The maximum atomic E-state index is 9.91. The van der Waals surface area contributed by atoms with E-state index in [1.54, 1.807) is 11.3 Å². The first-order valence-corrected chi connectivity index (χ1v) is 8.14. The number of nitrogens with zero attached hydrogens (tertiary/aromatic N) is 1. The maximum Gasteiger partial charge on any atom is 0.123 e. The van der Waals surface area contributed by atoms with E-state index < -0.39 is 0 Å². The highest BCUT2D eigenvalue weighted by Crippen LogP contribution is 2.44. The minimum absolute atomic E-state index is 0.0920. The zero-order chi connectivity index (χ0) is 15.4. The summed E-state index contributed by atoms with van der Waals surface area (Å²) in [7, 11) is 0. The van der Waals surface area contributed by atoms with Crippen LogP contribution in [0.4, 0.5) is 0 Å². The van der Waals surface area contributed by atoms with Gasteiger partial charge >= 0.3 is 0 Å². The number of aromatic nitrogens is 1. The van der Waals surface area contributed by atoms with E-state index in [-0.39, 0.29) is 11.5 Å². The molecule has 3 rings (SSSR count). The maximum absolute atomic E-state index is 9.91. The molecule has 1 aliphatic rings. The van der Waals surface area contributed by atoms with E-state index in [4.69, 9.17) is 10.7 Å². The van der Waals surface area contributed by atoms with Crippen molar-refractivity contribution in [2.75, 3.05) is 0 Å². The fourth-order valence-corrected chi connectivity index (χ4v) is 4.27. The van der Waals surface area contributed by atoms with Crippen molar-refractivity contribution in [2.45, 2.75) is 46.6 Å². The molecule has 2 aromatic rings. The van der Waals surface area contributed by atoms with E-state index in [1.165, 1.54) is 4.88 Å². The Morgan fingerprint density at radius 3 is 2.52 bits per heavy atom. The molecule has 3 nitrogen and oxygen atoms in total. The fraction of sp³-hybridized carbons (Fsp3) is 0.471. The number of rotatable bonds is 1. The van der Waals surface area contributed by atoms with Crippen molar-refractivity contribution in [3.05, 3.63) is 33.8 Å². The Bertz CT molecular complexity index is 680. The van der Waals surface area contributed by atoms with Gasteiger partial charge in [0.2, 0.25) is 0 Å².